The van der Waals surface area contributed by atoms with Crippen LogP contribution in [0.3, 0.4) is 0 Å². The fraction of sp³-hybridized carbons (Fsp3) is 0.900. The SMILES string of the molecule is O=C(CO)OCCCCCCCCO.[Ti]. The van der Waals surface area contributed by atoms with Gasteiger partial charge in [-0.2, -0.15) is 0 Å². The van der Waals surface area contributed by atoms with E-state index in [4.69, 9.17) is 10.2 Å². The monoisotopic (exact) mass is 252 g/mol. The van der Waals surface area contributed by atoms with Gasteiger partial charge in [0.1, 0.15) is 6.61 Å². The molecule has 0 heterocycles. The summed E-state index contributed by atoms with van der Waals surface area (Å²) in [6.45, 7) is 0.143. The Morgan fingerprint density at radius 1 is 0.933 bits per heavy atom. The van der Waals surface area contributed by atoms with E-state index in [9.17, 15) is 4.79 Å². The Labute approximate surface area is 106 Å². The van der Waals surface area contributed by atoms with E-state index in [1.807, 2.05) is 0 Å². The molecule has 15 heavy (non-hydrogen) atoms. The van der Waals surface area contributed by atoms with Crippen LogP contribution in [0.1, 0.15) is 38.5 Å². The second-order valence-electron chi connectivity index (χ2n) is 3.22. The molecule has 0 amide bonds. The molecule has 0 aliphatic carbocycles. The fourth-order valence-electron chi connectivity index (χ4n) is 1.15. The van der Waals surface area contributed by atoms with Crippen LogP contribution in [-0.2, 0) is 31.2 Å². The Bertz CT molecular complexity index is 141. The van der Waals surface area contributed by atoms with Crippen molar-refractivity contribution >= 4 is 5.97 Å². The summed E-state index contributed by atoms with van der Waals surface area (Å²) < 4.78 is 4.69. The summed E-state index contributed by atoms with van der Waals surface area (Å²) in [6.07, 6.45) is 6.05. The van der Waals surface area contributed by atoms with Crippen LogP contribution >= 0.6 is 0 Å². The van der Waals surface area contributed by atoms with E-state index in [1.54, 1.807) is 0 Å². The summed E-state index contributed by atoms with van der Waals surface area (Å²) in [5.41, 5.74) is 0. The number of aliphatic hydroxyl groups is 2. The molecule has 0 aromatic rings. The maximum Gasteiger partial charge on any atom is 0.331 e. The zero-order valence-corrected chi connectivity index (χ0v) is 10.6. The number of hydrogen-bond acceptors (Lipinski definition) is 4. The van der Waals surface area contributed by atoms with Gasteiger partial charge in [-0.1, -0.05) is 25.7 Å². The molecule has 0 saturated heterocycles. The second kappa shape index (κ2) is 14.1. The van der Waals surface area contributed by atoms with Gasteiger partial charge < -0.3 is 14.9 Å². The van der Waals surface area contributed by atoms with Gasteiger partial charge in [0, 0.05) is 28.3 Å². The Morgan fingerprint density at radius 3 is 2.00 bits per heavy atom. The van der Waals surface area contributed by atoms with Crippen LogP contribution < -0.4 is 0 Å². The minimum absolute atomic E-state index is 0. The average Bonchev–Trinajstić information content (AvgIpc) is 2.21. The minimum atomic E-state index is -0.551. The summed E-state index contributed by atoms with van der Waals surface area (Å²) in [6, 6.07) is 0. The van der Waals surface area contributed by atoms with Crippen molar-refractivity contribution in [2.24, 2.45) is 0 Å². The van der Waals surface area contributed by atoms with Gasteiger partial charge in [-0.05, 0) is 12.8 Å². The van der Waals surface area contributed by atoms with Gasteiger partial charge in [-0.3, -0.25) is 0 Å². The topological polar surface area (TPSA) is 66.8 Å². The van der Waals surface area contributed by atoms with Crippen molar-refractivity contribution < 1.29 is 41.5 Å². The molecule has 0 bridgehead atoms. The zero-order chi connectivity index (χ0) is 10.6. The van der Waals surface area contributed by atoms with Gasteiger partial charge in [0.15, 0.2) is 0 Å². The van der Waals surface area contributed by atoms with Gasteiger partial charge in [-0.25, -0.2) is 4.79 Å². The quantitative estimate of drug-likeness (QED) is 0.363. The van der Waals surface area contributed by atoms with Crippen LogP contribution in [0, 0.1) is 0 Å². The van der Waals surface area contributed by atoms with E-state index >= 15 is 0 Å². The number of hydrogen-bond donors (Lipinski definition) is 2. The molecule has 0 aliphatic heterocycles. The number of carbonyl (C=O) groups is 1. The molecule has 0 atom stereocenters. The maximum atomic E-state index is 10.5. The standard InChI is InChI=1S/C10H20O4.Ti/c11-7-5-3-1-2-4-6-8-14-10(13)9-12;/h11-12H,1-9H2;. The van der Waals surface area contributed by atoms with Crippen LogP contribution in [0.4, 0.5) is 0 Å². The summed E-state index contributed by atoms with van der Waals surface area (Å²) in [5, 5.41) is 16.9. The van der Waals surface area contributed by atoms with Crippen molar-refractivity contribution in [2.75, 3.05) is 19.8 Å². The van der Waals surface area contributed by atoms with Gasteiger partial charge in [0.25, 0.3) is 0 Å². The number of esters is 1. The normalized spacial score (nSPS) is 9.47. The molecular weight excluding hydrogens is 232 g/mol. The maximum absolute atomic E-state index is 10.5. The molecule has 5 heteroatoms. The van der Waals surface area contributed by atoms with E-state index in [0.29, 0.717) is 6.61 Å². The molecule has 0 unspecified atom stereocenters. The van der Waals surface area contributed by atoms with Gasteiger partial charge >= 0.3 is 5.97 Å². The van der Waals surface area contributed by atoms with Crippen molar-refractivity contribution in [3.8, 4) is 0 Å². The first-order chi connectivity index (χ1) is 6.81. The molecule has 0 radical (unpaired) electrons. The fourth-order valence-corrected chi connectivity index (χ4v) is 1.15. The number of unbranched alkanes of at least 4 members (excludes halogenated alkanes) is 5. The van der Waals surface area contributed by atoms with Gasteiger partial charge in [0.2, 0.25) is 0 Å². The number of ether oxygens (including phenoxy) is 1. The predicted molar refractivity (Wildman–Crippen MR) is 52.8 cm³/mol. The van der Waals surface area contributed by atoms with Gasteiger partial charge in [-0.15, -0.1) is 0 Å². The van der Waals surface area contributed by atoms with Gasteiger partial charge in [0.05, 0.1) is 6.61 Å². The van der Waals surface area contributed by atoms with Crippen LogP contribution in [0.25, 0.3) is 0 Å². The second-order valence-corrected chi connectivity index (χ2v) is 3.22. The predicted octanol–water partition coefficient (Wildman–Crippen LogP) is 0.852. The third-order valence-electron chi connectivity index (χ3n) is 1.94. The molecule has 0 rings (SSSR count). The van der Waals surface area contributed by atoms with Crippen molar-refractivity contribution in [1.82, 2.24) is 0 Å². The summed E-state index contributed by atoms with van der Waals surface area (Å²) in [4.78, 5) is 10.5. The largest absolute Gasteiger partial charge is 0.464 e. The Balaban J connectivity index is 0. The molecule has 0 aromatic heterocycles. The van der Waals surface area contributed by atoms with Crippen molar-refractivity contribution in [3.05, 3.63) is 0 Å². The zero-order valence-electron chi connectivity index (χ0n) is 9.07. The van der Waals surface area contributed by atoms with E-state index in [1.165, 1.54) is 0 Å². The van der Waals surface area contributed by atoms with Crippen LogP contribution in [0.15, 0.2) is 0 Å². The smallest absolute Gasteiger partial charge is 0.331 e. The molecule has 0 aromatic carbocycles. The number of rotatable bonds is 9. The Kier molecular flexibility index (Phi) is 16.5. The Morgan fingerprint density at radius 2 is 1.47 bits per heavy atom. The molecule has 4 nitrogen and oxygen atoms in total. The first kappa shape index (κ1) is 17.5. The van der Waals surface area contributed by atoms with E-state index < -0.39 is 12.6 Å². The van der Waals surface area contributed by atoms with Crippen molar-refractivity contribution in [1.29, 1.82) is 0 Å². The Hall–Kier alpha value is 0.104. The first-order valence-electron chi connectivity index (χ1n) is 5.18. The van der Waals surface area contributed by atoms with Crippen molar-refractivity contribution in [2.45, 2.75) is 38.5 Å². The first-order valence-corrected chi connectivity index (χ1v) is 5.18. The summed E-state index contributed by atoms with van der Waals surface area (Å²) in [5.74, 6) is -0.551. The molecule has 2 N–H and O–H groups in total. The number of aliphatic hydroxyl groups excluding tert-OH is 2. The van der Waals surface area contributed by atoms with E-state index in [0.717, 1.165) is 38.5 Å². The molecule has 0 saturated carbocycles. The van der Waals surface area contributed by atoms with Crippen LogP contribution in [0.5, 0.6) is 0 Å². The number of carbonyl (C=O) groups excluding carboxylic acids is 1. The third kappa shape index (κ3) is 14.1. The van der Waals surface area contributed by atoms with Crippen LogP contribution in [-0.4, -0.2) is 36.0 Å². The molecule has 88 valence electrons. The summed E-state index contributed by atoms with van der Waals surface area (Å²) >= 11 is 0. The molecule has 0 fully saturated rings. The van der Waals surface area contributed by atoms with E-state index in [2.05, 4.69) is 4.74 Å². The van der Waals surface area contributed by atoms with E-state index in [-0.39, 0.29) is 28.3 Å². The van der Waals surface area contributed by atoms with Crippen LogP contribution in [0.2, 0.25) is 0 Å². The average molecular weight is 252 g/mol. The summed E-state index contributed by atoms with van der Waals surface area (Å²) in [7, 11) is 0. The molecule has 0 spiro atoms. The molecule has 0 aliphatic rings. The third-order valence-corrected chi connectivity index (χ3v) is 1.94. The van der Waals surface area contributed by atoms with Crippen molar-refractivity contribution in [3.63, 3.8) is 0 Å². The minimum Gasteiger partial charge on any atom is -0.464 e. The molecular formula is C10H20O4Ti.